The van der Waals surface area contributed by atoms with Gasteiger partial charge in [0.2, 0.25) is 0 Å². The summed E-state index contributed by atoms with van der Waals surface area (Å²) in [6.45, 7) is 1.64. The SMILES string of the molecule is C[C@@H](C(=O)Oc1ccccc1)[C@@H](O)/C=C/c1ccccc1. The molecule has 2 rings (SSSR count). The van der Waals surface area contributed by atoms with E-state index in [9.17, 15) is 9.90 Å². The molecule has 0 heterocycles. The molecule has 3 nitrogen and oxygen atoms in total. The van der Waals surface area contributed by atoms with E-state index in [0.29, 0.717) is 5.75 Å². The van der Waals surface area contributed by atoms with Crippen LogP contribution in [0.25, 0.3) is 6.08 Å². The highest BCUT2D eigenvalue weighted by Crippen LogP contribution is 2.14. The van der Waals surface area contributed by atoms with Gasteiger partial charge in [0.1, 0.15) is 5.75 Å². The Balaban J connectivity index is 1.94. The Morgan fingerprint density at radius 3 is 2.24 bits per heavy atom. The van der Waals surface area contributed by atoms with Crippen LogP contribution in [-0.2, 0) is 4.79 Å². The smallest absolute Gasteiger partial charge is 0.317 e. The molecule has 0 aromatic heterocycles. The number of ether oxygens (including phenoxy) is 1. The molecule has 2 atom stereocenters. The zero-order valence-corrected chi connectivity index (χ0v) is 11.8. The van der Waals surface area contributed by atoms with Crippen molar-refractivity contribution in [3.63, 3.8) is 0 Å². The summed E-state index contributed by atoms with van der Waals surface area (Å²) in [5.74, 6) is -0.606. The van der Waals surface area contributed by atoms with Gasteiger partial charge in [0, 0.05) is 0 Å². The first kappa shape index (κ1) is 15.0. The molecule has 21 heavy (non-hydrogen) atoms. The zero-order valence-electron chi connectivity index (χ0n) is 11.8. The first-order valence-electron chi connectivity index (χ1n) is 6.85. The molecule has 0 radical (unpaired) electrons. The molecule has 0 amide bonds. The van der Waals surface area contributed by atoms with E-state index in [1.165, 1.54) is 0 Å². The number of carbonyl (C=O) groups excluding carboxylic acids is 1. The van der Waals surface area contributed by atoms with E-state index in [1.807, 2.05) is 36.4 Å². The predicted molar refractivity (Wildman–Crippen MR) is 82.7 cm³/mol. The maximum atomic E-state index is 11.9. The molecular weight excluding hydrogens is 264 g/mol. The quantitative estimate of drug-likeness (QED) is 0.676. The lowest BCUT2D eigenvalue weighted by Crippen LogP contribution is -2.27. The summed E-state index contributed by atoms with van der Waals surface area (Å²) >= 11 is 0. The van der Waals surface area contributed by atoms with Gasteiger partial charge in [-0.25, -0.2) is 0 Å². The van der Waals surface area contributed by atoms with Gasteiger partial charge < -0.3 is 9.84 Å². The second-order valence-electron chi connectivity index (χ2n) is 4.78. The summed E-state index contributed by atoms with van der Waals surface area (Å²) in [5.41, 5.74) is 0.972. The van der Waals surface area contributed by atoms with E-state index in [1.54, 1.807) is 43.3 Å². The summed E-state index contributed by atoms with van der Waals surface area (Å²) in [4.78, 5) is 11.9. The number of aliphatic hydroxyl groups excluding tert-OH is 1. The molecule has 0 aliphatic rings. The molecule has 2 aromatic rings. The lowest BCUT2D eigenvalue weighted by molar-refractivity contribution is -0.140. The number of hydrogen-bond donors (Lipinski definition) is 1. The number of hydrogen-bond acceptors (Lipinski definition) is 3. The van der Waals surface area contributed by atoms with Gasteiger partial charge in [-0.1, -0.05) is 60.7 Å². The van der Waals surface area contributed by atoms with E-state index in [2.05, 4.69) is 0 Å². The molecule has 0 bridgehead atoms. The highest BCUT2D eigenvalue weighted by molar-refractivity contribution is 5.75. The van der Waals surface area contributed by atoms with Crippen molar-refractivity contribution in [2.45, 2.75) is 13.0 Å². The van der Waals surface area contributed by atoms with Crippen LogP contribution < -0.4 is 4.74 Å². The third kappa shape index (κ3) is 4.58. The molecule has 0 saturated heterocycles. The van der Waals surface area contributed by atoms with Crippen LogP contribution in [0.1, 0.15) is 12.5 Å². The molecule has 0 saturated carbocycles. The second kappa shape index (κ2) is 7.41. The number of benzene rings is 2. The molecule has 0 unspecified atom stereocenters. The van der Waals surface area contributed by atoms with Crippen LogP contribution in [0.4, 0.5) is 0 Å². The fourth-order valence-electron chi connectivity index (χ4n) is 1.78. The monoisotopic (exact) mass is 282 g/mol. The van der Waals surface area contributed by atoms with Crippen molar-refractivity contribution in [3.8, 4) is 5.75 Å². The minimum atomic E-state index is -0.888. The van der Waals surface area contributed by atoms with Crippen molar-refractivity contribution in [1.82, 2.24) is 0 Å². The topological polar surface area (TPSA) is 46.5 Å². The van der Waals surface area contributed by atoms with Crippen LogP contribution in [0.5, 0.6) is 5.75 Å². The summed E-state index contributed by atoms with van der Waals surface area (Å²) in [7, 11) is 0. The number of rotatable bonds is 5. The maximum Gasteiger partial charge on any atom is 0.317 e. The largest absolute Gasteiger partial charge is 0.426 e. The first-order valence-corrected chi connectivity index (χ1v) is 6.85. The Morgan fingerprint density at radius 1 is 1.05 bits per heavy atom. The summed E-state index contributed by atoms with van der Waals surface area (Å²) < 4.78 is 5.22. The lowest BCUT2D eigenvalue weighted by atomic mass is 10.0. The minimum absolute atomic E-state index is 0.452. The maximum absolute atomic E-state index is 11.9. The van der Waals surface area contributed by atoms with Gasteiger partial charge in [-0.15, -0.1) is 0 Å². The third-order valence-corrected chi connectivity index (χ3v) is 3.13. The van der Waals surface area contributed by atoms with E-state index in [-0.39, 0.29) is 0 Å². The van der Waals surface area contributed by atoms with Crippen LogP contribution in [0.2, 0.25) is 0 Å². The number of carbonyl (C=O) groups is 1. The van der Waals surface area contributed by atoms with Crippen LogP contribution >= 0.6 is 0 Å². The Labute approximate surface area is 124 Å². The Hall–Kier alpha value is -2.39. The Kier molecular flexibility index (Phi) is 5.29. The fraction of sp³-hybridized carbons (Fsp3) is 0.167. The highest BCUT2D eigenvalue weighted by Gasteiger charge is 2.21. The van der Waals surface area contributed by atoms with Gasteiger partial charge in [0.25, 0.3) is 0 Å². The predicted octanol–water partition coefficient (Wildman–Crippen LogP) is 3.30. The number of aliphatic hydroxyl groups is 1. The van der Waals surface area contributed by atoms with Crippen LogP contribution in [-0.4, -0.2) is 17.2 Å². The van der Waals surface area contributed by atoms with Crippen molar-refractivity contribution >= 4 is 12.0 Å². The van der Waals surface area contributed by atoms with Gasteiger partial charge in [0.15, 0.2) is 0 Å². The minimum Gasteiger partial charge on any atom is -0.426 e. The molecule has 108 valence electrons. The molecule has 0 aliphatic heterocycles. The van der Waals surface area contributed by atoms with Crippen molar-refractivity contribution in [2.24, 2.45) is 5.92 Å². The standard InChI is InChI=1S/C18H18O3/c1-14(18(20)21-16-10-6-3-7-11-16)17(19)13-12-15-8-4-2-5-9-15/h2-14,17,19H,1H3/b13-12+/t14-,17+/m1/s1. The van der Waals surface area contributed by atoms with Crippen molar-refractivity contribution in [1.29, 1.82) is 0 Å². The van der Waals surface area contributed by atoms with Crippen molar-refractivity contribution in [3.05, 3.63) is 72.3 Å². The van der Waals surface area contributed by atoms with Crippen molar-refractivity contribution < 1.29 is 14.6 Å². The van der Waals surface area contributed by atoms with Gasteiger partial charge in [-0.2, -0.15) is 0 Å². The average molecular weight is 282 g/mol. The normalized spacial score (nSPS) is 13.8. The summed E-state index contributed by atoms with van der Waals surface area (Å²) in [5, 5.41) is 10.0. The van der Waals surface area contributed by atoms with Gasteiger partial charge in [-0.05, 0) is 24.6 Å². The molecule has 0 fully saturated rings. The van der Waals surface area contributed by atoms with Crippen LogP contribution in [0.15, 0.2) is 66.7 Å². The van der Waals surface area contributed by atoms with Crippen molar-refractivity contribution in [2.75, 3.05) is 0 Å². The molecule has 0 aliphatic carbocycles. The average Bonchev–Trinajstić information content (AvgIpc) is 2.53. The van der Waals surface area contributed by atoms with Crippen LogP contribution in [0.3, 0.4) is 0 Å². The summed E-state index contributed by atoms with van der Waals surface area (Å²) in [6, 6.07) is 18.4. The molecule has 1 N–H and O–H groups in total. The van der Waals surface area contributed by atoms with Gasteiger partial charge in [0.05, 0.1) is 12.0 Å². The fourth-order valence-corrected chi connectivity index (χ4v) is 1.78. The molecular formula is C18H18O3. The van der Waals surface area contributed by atoms with E-state index in [0.717, 1.165) is 5.56 Å². The Morgan fingerprint density at radius 2 is 1.62 bits per heavy atom. The van der Waals surface area contributed by atoms with E-state index in [4.69, 9.17) is 4.74 Å². The third-order valence-electron chi connectivity index (χ3n) is 3.13. The first-order chi connectivity index (χ1) is 10.2. The van der Waals surface area contributed by atoms with Crippen LogP contribution in [0, 0.1) is 5.92 Å². The van der Waals surface area contributed by atoms with Gasteiger partial charge in [-0.3, -0.25) is 4.79 Å². The molecule has 0 spiro atoms. The molecule has 3 heteroatoms. The van der Waals surface area contributed by atoms with E-state index < -0.39 is 18.0 Å². The number of para-hydroxylation sites is 1. The van der Waals surface area contributed by atoms with Gasteiger partial charge >= 0.3 is 5.97 Å². The number of esters is 1. The highest BCUT2D eigenvalue weighted by atomic mass is 16.5. The second-order valence-corrected chi connectivity index (χ2v) is 4.78. The van der Waals surface area contributed by atoms with E-state index >= 15 is 0 Å². The zero-order chi connectivity index (χ0) is 15.1. The molecule has 2 aromatic carbocycles. The lowest BCUT2D eigenvalue weighted by Gasteiger charge is -2.14. The Bertz CT molecular complexity index is 590. The summed E-state index contributed by atoms with van der Waals surface area (Å²) in [6.07, 6.45) is 2.50.